The van der Waals surface area contributed by atoms with Crippen molar-refractivity contribution in [2.75, 3.05) is 26.2 Å². The van der Waals surface area contributed by atoms with Crippen molar-refractivity contribution in [2.45, 2.75) is 19.6 Å². The van der Waals surface area contributed by atoms with Crippen LogP contribution in [-0.2, 0) is 11.3 Å². The molecule has 1 saturated heterocycles. The van der Waals surface area contributed by atoms with Crippen LogP contribution < -0.4 is 4.74 Å². The molecule has 3 aromatic carbocycles. The minimum atomic E-state index is -0.553. The number of nitriles is 1. The topological polar surface area (TPSA) is 56.6 Å². The predicted molar refractivity (Wildman–Crippen MR) is 117 cm³/mol. The monoisotopic (exact) mass is 399 g/mol. The highest BCUT2D eigenvalue weighted by molar-refractivity contribution is 5.85. The SMILES string of the molecule is CC(Oc1ccc(C#N)cc1)C(=O)N1CCN(Cc2cccc3ccccc23)CC1. The Morgan fingerprint density at radius 2 is 1.70 bits per heavy atom. The molecule has 30 heavy (non-hydrogen) atoms. The number of carbonyl (C=O) groups is 1. The van der Waals surface area contributed by atoms with Gasteiger partial charge >= 0.3 is 0 Å². The van der Waals surface area contributed by atoms with Gasteiger partial charge < -0.3 is 9.64 Å². The van der Waals surface area contributed by atoms with Crippen LogP contribution in [0.4, 0.5) is 0 Å². The molecule has 0 bridgehead atoms. The quantitative estimate of drug-likeness (QED) is 0.654. The van der Waals surface area contributed by atoms with Crippen molar-refractivity contribution in [2.24, 2.45) is 0 Å². The summed E-state index contributed by atoms with van der Waals surface area (Å²) >= 11 is 0. The van der Waals surface area contributed by atoms with Crippen LogP contribution in [0.2, 0.25) is 0 Å². The van der Waals surface area contributed by atoms with Crippen molar-refractivity contribution in [3.05, 3.63) is 77.9 Å². The summed E-state index contributed by atoms with van der Waals surface area (Å²) in [5, 5.41) is 11.4. The van der Waals surface area contributed by atoms with Crippen molar-refractivity contribution in [1.82, 2.24) is 9.80 Å². The molecule has 5 heteroatoms. The standard InChI is InChI=1S/C25H25N3O2/c1-19(30-23-11-9-20(17-26)10-12-23)25(29)28-15-13-27(14-16-28)18-22-7-4-6-21-5-2-3-8-24(21)22/h2-12,19H,13-16,18H2,1H3. The molecule has 3 aromatic rings. The second-order valence-electron chi connectivity index (χ2n) is 7.64. The van der Waals surface area contributed by atoms with Gasteiger partial charge in [0.1, 0.15) is 5.75 Å². The fourth-order valence-electron chi connectivity index (χ4n) is 3.92. The van der Waals surface area contributed by atoms with E-state index in [9.17, 15) is 4.79 Å². The van der Waals surface area contributed by atoms with Crippen LogP contribution in [0.5, 0.6) is 5.75 Å². The van der Waals surface area contributed by atoms with E-state index in [0.717, 1.165) is 19.6 Å². The summed E-state index contributed by atoms with van der Waals surface area (Å²) < 4.78 is 5.79. The first-order valence-corrected chi connectivity index (χ1v) is 10.3. The molecule has 4 rings (SSSR count). The molecule has 1 unspecified atom stereocenters. The number of ether oxygens (including phenoxy) is 1. The van der Waals surface area contributed by atoms with E-state index in [1.807, 2.05) is 4.90 Å². The van der Waals surface area contributed by atoms with E-state index >= 15 is 0 Å². The lowest BCUT2D eigenvalue weighted by Crippen LogP contribution is -2.51. The van der Waals surface area contributed by atoms with Crippen molar-refractivity contribution in [1.29, 1.82) is 5.26 Å². The van der Waals surface area contributed by atoms with Gasteiger partial charge in [-0.2, -0.15) is 5.26 Å². The number of carbonyl (C=O) groups excluding carboxylic acids is 1. The van der Waals surface area contributed by atoms with Gasteiger partial charge in [0.2, 0.25) is 0 Å². The molecule has 1 heterocycles. The molecular weight excluding hydrogens is 374 g/mol. The fourth-order valence-corrected chi connectivity index (χ4v) is 3.92. The van der Waals surface area contributed by atoms with Gasteiger partial charge in [0.15, 0.2) is 6.10 Å². The van der Waals surface area contributed by atoms with Gasteiger partial charge in [-0.3, -0.25) is 9.69 Å². The normalized spacial score (nSPS) is 15.5. The first-order chi connectivity index (χ1) is 14.6. The van der Waals surface area contributed by atoms with Crippen LogP contribution in [0.1, 0.15) is 18.1 Å². The van der Waals surface area contributed by atoms with Gasteiger partial charge in [-0.15, -0.1) is 0 Å². The maximum absolute atomic E-state index is 12.8. The third kappa shape index (κ3) is 4.45. The zero-order valence-electron chi connectivity index (χ0n) is 17.1. The van der Waals surface area contributed by atoms with Crippen LogP contribution in [0.3, 0.4) is 0 Å². The Balaban J connectivity index is 1.32. The molecule has 1 atom stereocenters. The number of piperazine rings is 1. The molecular formula is C25H25N3O2. The summed E-state index contributed by atoms with van der Waals surface area (Å²) in [4.78, 5) is 17.1. The third-order valence-electron chi connectivity index (χ3n) is 5.60. The van der Waals surface area contributed by atoms with E-state index in [0.29, 0.717) is 24.4 Å². The number of rotatable bonds is 5. The van der Waals surface area contributed by atoms with Gasteiger partial charge in [-0.25, -0.2) is 0 Å². The van der Waals surface area contributed by atoms with Crippen LogP contribution >= 0.6 is 0 Å². The Bertz CT molecular complexity index is 1060. The number of hydrogen-bond acceptors (Lipinski definition) is 4. The van der Waals surface area contributed by atoms with Gasteiger partial charge in [0, 0.05) is 32.7 Å². The van der Waals surface area contributed by atoms with E-state index < -0.39 is 6.10 Å². The summed E-state index contributed by atoms with van der Waals surface area (Å²) in [6.45, 7) is 5.76. The second-order valence-corrected chi connectivity index (χ2v) is 7.64. The molecule has 0 aromatic heterocycles. The van der Waals surface area contributed by atoms with Gasteiger partial charge in [0.25, 0.3) is 5.91 Å². The van der Waals surface area contributed by atoms with Crippen molar-refractivity contribution < 1.29 is 9.53 Å². The lowest BCUT2D eigenvalue weighted by Gasteiger charge is -2.36. The Kier molecular flexibility index (Phi) is 5.97. The highest BCUT2D eigenvalue weighted by Gasteiger charge is 2.26. The summed E-state index contributed by atoms with van der Waals surface area (Å²) in [5.41, 5.74) is 1.90. The second kappa shape index (κ2) is 8.98. The van der Waals surface area contributed by atoms with Gasteiger partial charge in [0.05, 0.1) is 11.6 Å². The summed E-state index contributed by atoms with van der Waals surface area (Å²) in [7, 11) is 0. The lowest BCUT2D eigenvalue weighted by atomic mass is 10.0. The molecule has 0 N–H and O–H groups in total. The molecule has 0 aliphatic carbocycles. The number of nitrogens with zero attached hydrogens (tertiary/aromatic N) is 3. The Morgan fingerprint density at radius 3 is 2.43 bits per heavy atom. The fraction of sp³-hybridized carbons (Fsp3) is 0.280. The summed E-state index contributed by atoms with van der Waals surface area (Å²) in [6.07, 6.45) is -0.553. The van der Waals surface area contributed by atoms with E-state index in [2.05, 4.69) is 53.4 Å². The molecule has 0 spiro atoms. The predicted octanol–water partition coefficient (Wildman–Crippen LogP) is 3.82. The molecule has 0 saturated carbocycles. The van der Waals surface area contributed by atoms with Crippen LogP contribution in [0.15, 0.2) is 66.7 Å². The zero-order valence-corrected chi connectivity index (χ0v) is 17.1. The maximum atomic E-state index is 12.8. The third-order valence-corrected chi connectivity index (χ3v) is 5.60. The molecule has 1 fully saturated rings. The molecule has 0 radical (unpaired) electrons. The van der Waals surface area contributed by atoms with Gasteiger partial charge in [-0.1, -0.05) is 42.5 Å². The summed E-state index contributed by atoms with van der Waals surface area (Å²) in [6, 6.07) is 23.8. The largest absolute Gasteiger partial charge is 0.481 e. The Hall–Kier alpha value is -3.36. The molecule has 152 valence electrons. The van der Waals surface area contributed by atoms with Crippen molar-refractivity contribution in [3.63, 3.8) is 0 Å². The van der Waals surface area contributed by atoms with Crippen LogP contribution in [0.25, 0.3) is 10.8 Å². The zero-order chi connectivity index (χ0) is 20.9. The smallest absolute Gasteiger partial charge is 0.263 e. The maximum Gasteiger partial charge on any atom is 0.263 e. The minimum absolute atomic E-state index is 0.00386. The average molecular weight is 399 g/mol. The van der Waals surface area contributed by atoms with Crippen LogP contribution in [0, 0.1) is 11.3 Å². The first-order valence-electron chi connectivity index (χ1n) is 10.3. The van der Waals surface area contributed by atoms with E-state index in [4.69, 9.17) is 10.00 Å². The molecule has 5 nitrogen and oxygen atoms in total. The number of amides is 1. The van der Waals surface area contributed by atoms with E-state index in [-0.39, 0.29) is 5.91 Å². The number of benzene rings is 3. The summed E-state index contributed by atoms with van der Waals surface area (Å²) in [5.74, 6) is 0.605. The minimum Gasteiger partial charge on any atom is -0.481 e. The Morgan fingerprint density at radius 1 is 1.00 bits per heavy atom. The average Bonchev–Trinajstić information content (AvgIpc) is 2.80. The van der Waals surface area contributed by atoms with Crippen molar-refractivity contribution in [3.8, 4) is 11.8 Å². The number of hydrogen-bond donors (Lipinski definition) is 0. The molecule has 1 aliphatic rings. The van der Waals surface area contributed by atoms with Gasteiger partial charge in [-0.05, 0) is 47.5 Å². The Labute approximate surface area is 177 Å². The van der Waals surface area contributed by atoms with Crippen LogP contribution in [-0.4, -0.2) is 48.0 Å². The first kappa shape index (κ1) is 19.9. The van der Waals surface area contributed by atoms with Crippen molar-refractivity contribution >= 4 is 16.7 Å². The number of fused-ring (bicyclic) bond motifs is 1. The van der Waals surface area contributed by atoms with E-state index in [1.54, 1.807) is 31.2 Å². The highest BCUT2D eigenvalue weighted by Crippen LogP contribution is 2.21. The molecule has 1 amide bonds. The van der Waals surface area contributed by atoms with E-state index in [1.165, 1.54) is 16.3 Å². The molecule has 1 aliphatic heterocycles. The lowest BCUT2D eigenvalue weighted by molar-refractivity contribution is -0.139. The highest BCUT2D eigenvalue weighted by atomic mass is 16.5.